The van der Waals surface area contributed by atoms with Crippen molar-refractivity contribution in [2.24, 2.45) is 5.92 Å². The second-order valence-electron chi connectivity index (χ2n) is 8.98. The highest BCUT2D eigenvalue weighted by Gasteiger charge is 2.27. The molecule has 0 saturated carbocycles. The van der Waals surface area contributed by atoms with E-state index in [9.17, 15) is 4.79 Å². The van der Waals surface area contributed by atoms with Gasteiger partial charge in [-0.1, -0.05) is 34.4 Å². The molecule has 3 aromatic carbocycles. The van der Waals surface area contributed by atoms with E-state index in [1.54, 1.807) is 43.5 Å². The van der Waals surface area contributed by atoms with Gasteiger partial charge in [-0.25, -0.2) is 0 Å². The minimum absolute atomic E-state index is 0.0646. The molecule has 10 heteroatoms. The number of piperidine rings is 1. The Bertz CT molecular complexity index is 1400. The maximum absolute atomic E-state index is 13.1. The molecule has 1 N–H and O–H groups in total. The summed E-state index contributed by atoms with van der Waals surface area (Å²) in [5, 5.41) is 8.25. The maximum atomic E-state index is 13.1. The monoisotopic (exact) mass is 552 g/mol. The molecule has 2 heterocycles. The zero-order chi connectivity index (χ0) is 26.5. The van der Waals surface area contributed by atoms with Gasteiger partial charge < -0.3 is 19.3 Å². The predicted octanol–water partition coefficient (Wildman–Crippen LogP) is 6.70. The summed E-state index contributed by atoms with van der Waals surface area (Å²) in [6, 6.07) is 19.7. The lowest BCUT2D eigenvalue weighted by molar-refractivity contribution is -0.121. The summed E-state index contributed by atoms with van der Waals surface area (Å²) in [6.45, 7) is 2.00. The van der Waals surface area contributed by atoms with Gasteiger partial charge in [-0.2, -0.15) is 4.98 Å². The minimum atomic E-state index is -0.137. The van der Waals surface area contributed by atoms with E-state index in [0.29, 0.717) is 64.1 Å². The summed E-state index contributed by atoms with van der Waals surface area (Å²) in [5.74, 6) is 2.63. The molecule has 0 radical (unpaired) electrons. The van der Waals surface area contributed by atoms with Crippen molar-refractivity contribution in [3.05, 3.63) is 82.7 Å². The molecule has 1 amide bonds. The van der Waals surface area contributed by atoms with E-state index in [0.717, 1.165) is 18.7 Å². The van der Waals surface area contributed by atoms with Crippen molar-refractivity contribution in [3.8, 4) is 28.6 Å². The number of carbonyl (C=O) groups is 1. The van der Waals surface area contributed by atoms with Crippen LogP contribution in [0.1, 0.15) is 18.7 Å². The van der Waals surface area contributed by atoms with Crippen LogP contribution in [0.2, 0.25) is 10.0 Å². The SMILES string of the molecule is COc1cccc(Oc2ccc(Cl)cc2NC(=O)C2CCN(Cc3nc(-c4ccc(Cl)cc4)no3)CC2)c1. The lowest BCUT2D eigenvalue weighted by atomic mass is 9.96. The predicted molar refractivity (Wildman–Crippen MR) is 146 cm³/mol. The van der Waals surface area contributed by atoms with Crippen molar-refractivity contribution in [2.45, 2.75) is 19.4 Å². The van der Waals surface area contributed by atoms with Crippen LogP contribution < -0.4 is 14.8 Å². The van der Waals surface area contributed by atoms with E-state index < -0.39 is 0 Å². The number of likely N-dealkylation sites (tertiary alicyclic amines) is 1. The van der Waals surface area contributed by atoms with Crippen molar-refractivity contribution in [3.63, 3.8) is 0 Å². The second-order valence-corrected chi connectivity index (χ2v) is 9.85. The third kappa shape index (κ3) is 6.45. The van der Waals surface area contributed by atoms with E-state index in [2.05, 4.69) is 20.4 Å². The number of methoxy groups -OCH3 is 1. The second kappa shape index (κ2) is 11.9. The van der Waals surface area contributed by atoms with Gasteiger partial charge in [0.25, 0.3) is 0 Å². The van der Waals surface area contributed by atoms with E-state index in [1.807, 2.05) is 30.3 Å². The van der Waals surface area contributed by atoms with E-state index in [4.69, 9.17) is 37.2 Å². The van der Waals surface area contributed by atoms with Crippen LogP contribution in [0.3, 0.4) is 0 Å². The molecule has 4 aromatic rings. The number of aromatic nitrogens is 2. The van der Waals surface area contributed by atoms with Gasteiger partial charge in [-0.05, 0) is 80.5 Å². The van der Waals surface area contributed by atoms with Crippen LogP contribution in [0.4, 0.5) is 5.69 Å². The van der Waals surface area contributed by atoms with Gasteiger partial charge in [0.15, 0.2) is 5.75 Å². The van der Waals surface area contributed by atoms with Crippen molar-refractivity contribution >= 4 is 34.8 Å². The highest BCUT2D eigenvalue weighted by molar-refractivity contribution is 6.31. The molecule has 1 aliphatic rings. The summed E-state index contributed by atoms with van der Waals surface area (Å²) in [5.41, 5.74) is 1.36. The Labute approximate surface area is 230 Å². The summed E-state index contributed by atoms with van der Waals surface area (Å²) in [6.07, 6.45) is 1.41. The lowest BCUT2D eigenvalue weighted by Gasteiger charge is -2.30. The number of hydrogen-bond acceptors (Lipinski definition) is 7. The zero-order valence-electron chi connectivity index (χ0n) is 20.7. The van der Waals surface area contributed by atoms with Crippen LogP contribution in [0.5, 0.6) is 17.2 Å². The Morgan fingerprint density at radius 1 is 1.03 bits per heavy atom. The summed E-state index contributed by atoms with van der Waals surface area (Å²) < 4.78 is 16.7. The maximum Gasteiger partial charge on any atom is 0.241 e. The molecule has 8 nitrogen and oxygen atoms in total. The van der Waals surface area contributed by atoms with Crippen molar-refractivity contribution < 1.29 is 18.8 Å². The lowest BCUT2D eigenvalue weighted by Crippen LogP contribution is -2.37. The van der Waals surface area contributed by atoms with Crippen LogP contribution >= 0.6 is 23.2 Å². The summed E-state index contributed by atoms with van der Waals surface area (Å²) in [4.78, 5) is 19.8. The first-order chi connectivity index (χ1) is 18.5. The van der Waals surface area contributed by atoms with Crippen molar-refractivity contribution in [1.29, 1.82) is 0 Å². The van der Waals surface area contributed by atoms with Gasteiger partial charge in [0.2, 0.25) is 17.6 Å². The van der Waals surface area contributed by atoms with E-state index >= 15 is 0 Å². The van der Waals surface area contributed by atoms with Crippen LogP contribution in [0.25, 0.3) is 11.4 Å². The van der Waals surface area contributed by atoms with Gasteiger partial charge in [0, 0.05) is 27.6 Å². The number of amides is 1. The smallest absolute Gasteiger partial charge is 0.241 e. The number of anilines is 1. The largest absolute Gasteiger partial charge is 0.497 e. The fourth-order valence-corrected chi connectivity index (χ4v) is 4.59. The average molecular weight is 553 g/mol. The molecule has 0 aliphatic carbocycles. The van der Waals surface area contributed by atoms with E-state index in [-0.39, 0.29) is 11.8 Å². The number of nitrogens with one attached hydrogen (secondary N) is 1. The minimum Gasteiger partial charge on any atom is -0.497 e. The fourth-order valence-electron chi connectivity index (χ4n) is 4.30. The Morgan fingerprint density at radius 2 is 1.76 bits per heavy atom. The standard InChI is InChI=1S/C28H26Cl2N4O4/c1-36-22-3-2-4-23(16-22)37-25-10-9-21(30)15-24(25)31-28(35)19-11-13-34(14-12-19)17-26-32-27(33-38-26)18-5-7-20(29)8-6-18/h2-10,15-16,19H,11-14,17H2,1H3,(H,31,35). The first kappa shape index (κ1) is 26.0. The Balaban J connectivity index is 1.17. The normalized spacial score (nSPS) is 14.3. The number of halogens is 2. The molecule has 1 saturated heterocycles. The molecular formula is C28H26Cl2N4O4. The van der Waals surface area contributed by atoms with Crippen molar-refractivity contribution in [1.82, 2.24) is 15.0 Å². The van der Waals surface area contributed by atoms with Crippen LogP contribution in [0, 0.1) is 5.92 Å². The first-order valence-electron chi connectivity index (χ1n) is 12.2. The van der Waals surface area contributed by atoms with Crippen LogP contribution in [-0.4, -0.2) is 41.1 Å². The van der Waals surface area contributed by atoms with E-state index in [1.165, 1.54) is 0 Å². The third-order valence-electron chi connectivity index (χ3n) is 6.36. The number of benzene rings is 3. The highest BCUT2D eigenvalue weighted by Crippen LogP contribution is 2.34. The molecule has 1 fully saturated rings. The Morgan fingerprint density at radius 3 is 2.53 bits per heavy atom. The molecule has 0 atom stereocenters. The molecular weight excluding hydrogens is 527 g/mol. The van der Waals surface area contributed by atoms with Gasteiger partial charge >= 0.3 is 0 Å². The van der Waals surface area contributed by atoms with Gasteiger partial charge in [0.05, 0.1) is 19.3 Å². The number of rotatable bonds is 8. The first-order valence-corrected chi connectivity index (χ1v) is 13.0. The van der Waals surface area contributed by atoms with Gasteiger partial charge in [0.1, 0.15) is 11.5 Å². The number of nitrogens with zero attached hydrogens (tertiary/aromatic N) is 3. The molecule has 196 valence electrons. The molecule has 0 spiro atoms. The Kier molecular flexibility index (Phi) is 8.12. The molecule has 38 heavy (non-hydrogen) atoms. The quantitative estimate of drug-likeness (QED) is 0.260. The van der Waals surface area contributed by atoms with Crippen molar-refractivity contribution in [2.75, 3.05) is 25.5 Å². The molecule has 1 aromatic heterocycles. The number of hydrogen-bond donors (Lipinski definition) is 1. The molecule has 1 aliphatic heterocycles. The van der Waals surface area contributed by atoms with Crippen LogP contribution in [0.15, 0.2) is 71.3 Å². The average Bonchev–Trinajstić information content (AvgIpc) is 3.39. The fraction of sp³-hybridized carbons (Fsp3) is 0.250. The topological polar surface area (TPSA) is 89.7 Å². The van der Waals surface area contributed by atoms with Crippen LogP contribution in [-0.2, 0) is 11.3 Å². The molecule has 0 unspecified atom stereocenters. The number of carbonyl (C=O) groups excluding carboxylic acids is 1. The molecule has 0 bridgehead atoms. The van der Waals surface area contributed by atoms with Gasteiger partial charge in [-0.15, -0.1) is 0 Å². The number of ether oxygens (including phenoxy) is 2. The summed E-state index contributed by atoms with van der Waals surface area (Å²) >= 11 is 12.2. The summed E-state index contributed by atoms with van der Waals surface area (Å²) in [7, 11) is 1.60. The zero-order valence-corrected chi connectivity index (χ0v) is 22.2. The third-order valence-corrected chi connectivity index (χ3v) is 6.84. The molecule has 5 rings (SSSR count). The van der Waals surface area contributed by atoms with Gasteiger partial charge in [-0.3, -0.25) is 9.69 Å². The Hall–Kier alpha value is -3.59. The highest BCUT2D eigenvalue weighted by atomic mass is 35.5.